The minimum absolute atomic E-state index is 0.120. The molecule has 4 aromatic rings. The topological polar surface area (TPSA) is 79.2 Å². The summed E-state index contributed by atoms with van der Waals surface area (Å²) >= 11 is 0. The lowest BCUT2D eigenvalue weighted by Crippen LogP contribution is -2.52. The summed E-state index contributed by atoms with van der Waals surface area (Å²) in [6.45, 7) is 4.89. The number of aliphatic hydroxyl groups is 2. The molecule has 0 unspecified atom stereocenters. The Morgan fingerprint density at radius 2 is 0.804 bits per heavy atom. The summed E-state index contributed by atoms with van der Waals surface area (Å²) < 4.78 is 164. The number of piperazine rings is 2. The lowest BCUT2D eigenvalue weighted by atomic mass is 9.99. The molecule has 0 spiro atoms. The minimum Gasteiger partial charge on any atom is -0.387 e. The second kappa shape index (κ2) is 15.8. The van der Waals surface area contributed by atoms with Gasteiger partial charge in [-0.2, -0.15) is 52.7 Å². The number of hydrogen-bond donors (Lipinski definition) is 2. The number of β-amino-alcohol motifs (C(OH)–C–C–N with tert-alkyl or cyclic N) is 2. The molecular formula is C36H36F12N6O2. The van der Waals surface area contributed by atoms with E-state index in [1.807, 2.05) is 9.80 Å². The molecule has 2 saturated heterocycles. The third kappa shape index (κ3) is 9.47. The summed E-state index contributed by atoms with van der Waals surface area (Å²) in [7, 11) is 0. The first-order valence-corrected chi connectivity index (χ1v) is 17.5. The van der Waals surface area contributed by atoms with Crippen molar-refractivity contribution in [1.29, 1.82) is 0 Å². The van der Waals surface area contributed by atoms with E-state index < -0.39 is 70.5 Å². The van der Waals surface area contributed by atoms with Crippen molar-refractivity contribution in [2.45, 2.75) is 36.9 Å². The van der Waals surface area contributed by atoms with Crippen molar-refractivity contribution in [3.63, 3.8) is 0 Å². The smallest absolute Gasteiger partial charge is 0.387 e. The van der Waals surface area contributed by atoms with Crippen LogP contribution in [0.25, 0.3) is 21.8 Å². The monoisotopic (exact) mass is 812 g/mol. The van der Waals surface area contributed by atoms with Crippen LogP contribution >= 0.6 is 0 Å². The van der Waals surface area contributed by atoms with Gasteiger partial charge in [0.2, 0.25) is 0 Å². The molecular weight excluding hydrogens is 776 g/mol. The van der Waals surface area contributed by atoms with E-state index in [0.717, 1.165) is 12.1 Å². The number of nitrogens with zero attached hydrogens (tertiary/aromatic N) is 6. The highest BCUT2D eigenvalue weighted by Crippen LogP contribution is 2.41. The Balaban J connectivity index is 1.01. The van der Waals surface area contributed by atoms with Gasteiger partial charge < -0.3 is 10.2 Å². The van der Waals surface area contributed by atoms with Crippen molar-refractivity contribution in [1.82, 2.24) is 29.6 Å². The highest BCUT2D eigenvalue weighted by molar-refractivity contribution is 5.87. The largest absolute Gasteiger partial charge is 0.433 e. The fourth-order valence-corrected chi connectivity index (χ4v) is 7.21. The summed E-state index contributed by atoms with van der Waals surface area (Å²) in [5, 5.41) is 21.6. The summed E-state index contributed by atoms with van der Waals surface area (Å²) in [5.74, 6) is 0. The van der Waals surface area contributed by atoms with E-state index in [0.29, 0.717) is 89.7 Å². The van der Waals surface area contributed by atoms with Gasteiger partial charge in [-0.05, 0) is 35.4 Å². The lowest BCUT2D eigenvalue weighted by molar-refractivity contribution is -0.142. The molecule has 2 aliphatic rings. The zero-order chi connectivity index (χ0) is 40.8. The van der Waals surface area contributed by atoms with Crippen LogP contribution in [0.3, 0.4) is 0 Å². The van der Waals surface area contributed by atoms with Crippen molar-refractivity contribution in [2.24, 2.45) is 0 Å². The van der Waals surface area contributed by atoms with E-state index in [4.69, 9.17) is 0 Å². The first-order valence-electron chi connectivity index (χ1n) is 17.5. The van der Waals surface area contributed by atoms with Gasteiger partial charge in [-0.3, -0.25) is 19.6 Å². The Morgan fingerprint density at radius 3 is 1.11 bits per heavy atom. The molecule has 20 heteroatoms. The molecule has 0 saturated carbocycles. The van der Waals surface area contributed by atoms with E-state index in [9.17, 15) is 62.9 Å². The molecule has 2 N–H and O–H groups in total. The molecule has 0 aliphatic carbocycles. The minimum atomic E-state index is -5.05. The van der Waals surface area contributed by atoms with Crippen LogP contribution in [0.2, 0.25) is 0 Å². The predicted molar refractivity (Wildman–Crippen MR) is 179 cm³/mol. The van der Waals surface area contributed by atoms with Crippen LogP contribution in [0, 0.1) is 0 Å². The van der Waals surface area contributed by atoms with Crippen LogP contribution in [-0.2, 0) is 24.7 Å². The van der Waals surface area contributed by atoms with E-state index in [-0.39, 0.29) is 35.0 Å². The molecule has 0 radical (unpaired) electrons. The Kier molecular flexibility index (Phi) is 11.8. The Labute approximate surface area is 311 Å². The summed E-state index contributed by atoms with van der Waals surface area (Å²) in [5.41, 5.74) is -8.16. The fraction of sp³-hybridized carbons (Fsp3) is 0.500. The van der Waals surface area contributed by atoms with Gasteiger partial charge in [0.05, 0.1) is 34.4 Å². The average Bonchev–Trinajstić information content (AvgIpc) is 3.12. The number of aliphatic hydroxyl groups excluding tert-OH is 2. The number of benzene rings is 2. The molecule has 0 bridgehead atoms. The zero-order valence-electron chi connectivity index (χ0n) is 29.4. The molecule has 2 aromatic heterocycles. The SMILES string of the molecule is O[C@@H](CN1CCN(CCN2CCN(C[C@H](O)c3cc(C(F)(F)F)nc4c(C(F)(F)F)cccc34)CC2)CC1)c1cc(C(F)(F)F)nc2c(C(F)(F)F)cccc12. The highest BCUT2D eigenvalue weighted by atomic mass is 19.4. The molecule has 6 rings (SSSR count). The van der Waals surface area contributed by atoms with Gasteiger partial charge in [0.1, 0.15) is 11.4 Å². The summed E-state index contributed by atoms with van der Waals surface area (Å²) in [6, 6.07) is 6.95. The van der Waals surface area contributed by atoms with E-state index >= 15 is 0 Å². The molecule has 56 heavy (non-hydrogen) atoms. The van der Waals surface area contributed by atoms with Crippen molar-refractivity contribution in [3.05, 3.63) is 82.2 Å². The second-order valence-electron chi connectivity index (χ2n) is 13.9. The molecule has 4 heterocycles. The first kappa shape index (κ1) is 41.8. The maximum absolute atomic E-state index is 13.6. The van der Waals surface area contributed by atoms with Crippen LogP contribution in [0.4, 0.5) is 52.7 Å². The Morgan fingerprint density at radius 1 is 0.482 bits per heavy atom. The van der Waals surface area contributed by atoms with Gasteiger partial charge in [-0.15, -0.1) is 0 Å². The number of halogens is 12. The standard InChI is InChI=1S/C36H36F12N6O2/c37-33(38,39)25-5-1-3-21-23(17-29(35(43,44)45)49-31(21)25)27(55)19-53-13-9-51(10-14-53)7-8-52-11-15-54(16-12-52)20-28(56)24-18-30(36(46,47)48)50-32-22(24)4-2-6-26(32)34(40,41)42/h1-6,17-18,27-28,55-56H,7-16,19-20H2/t27-,28-/m0/s1. The van der Waals surface area contributed by atoms with E-state index in [1.54, 1.807) is 0 Å². The van der Waals surface area contributed by atoms with Gasteiger partial charge >= 0.3 is 24.7 Å². The normalized spacial score (nSPS) is 18.9. The van der Waals surface area contributed by atoms with Crippen LogP contribution in [0.5, 0.6) is 0 Å². The van der Waals surface area contributed by atoms with Crippen molar-refractivity contribution in [3.8, 4) is 0 Å². The number of alkyl halides is 12. The summed E-state index contributed by atoms with van der Waals surface area (Å²) in [6.07, 6.45) is -23.1. The highest BCUT2D eigenvalue weighted by Gasteiger charge is 2.40. The first-order chi connectivity index (χ1) is 26.1. The number of hydrogen-bond acceptors (Lipinski definition) is 8. The van der Waals surface area contributed by atoms with Gasteiger partial charge in [0.15, 0.2) is 0 Å². The maximum atomic E-state index is 13.6. The number of pyridine rings is 2. The van der Waals surface area contributed by atoms with Crippen LogP contribution in [0.1, 0.15) is 45.8 Å². The molecule has 2 fully saturated rings. The molecule has 0 amide bonds. The second-order valence-corrected chi connectivity index (χ2v) is 13.9. The molecule has 306 valence electrons. The number of rotatable bonds is 9. The number of fused-ring (bicyclic) bond motifs is 2. The third-order valence-electron chi connectivity index (χ3n) is 10.2. The number of aromatic nitrogens is 2. The van der Waals surface area contributed by atoms with Gasteiger partial charge in [-0.25, -0.2) is 9.97 Å². The van der Waals surface area contributed by atoms with Gasteiger partial charge in [-0.1, -0.05) is 24.3 Å². The molecule has 2 aromatic carbocycles. The zero-order valence-corrected chi connectivity index (χ0v) is 29.4. The van der Waals surface area contributed by atoms with Crippen molar-refractivity contribution >= 4 is 21.8 Å². The molecule has 2 atom stereocenters. The van der Waals surface area contributed by atoms with E-state index in [1.165, 1.54) is 12.1 Å². The van der Waals surface area contributed by atoms with Crippen molar-refractivity contribution < 1.29 is 62.9 Å². The van der Waals surface area contributed by atoms with Crippen molar-refractivity contribution in [2.75, 3.05) is 78.5 Å². The number of para-hydroxylation sites is 2. The maximum Gasteiger partial charge on any atom is 0.433 e. The third-order valence-corrected chi connectivity index (χ3v) is 10.2. The average molecular weight is 813 g/mol. The fourth-order valence-electron chi connectivity index (χ4n) is 7.21. The quantitative estimate of drug-likeness (QED) is 0.178. The van der Waals surface area contributed by atoms with Gasteiger partial charge in [0.25, 0.3) is 0 Å². The Bertz CT molecular complexity index is 1860. The van der Waals surface area contributed by atoms with E-state index in [2.05, 4.69) is 19.8 Å². The summed E-state index contributed by atoms with van der Waals surface area (Å²) in [4.78, 5) is 14.4. The van der Waals surface area contributed by atoms with Crippen LogP contribution in [0.15, 0.2) is 48.5 Å². The lowest BCUT2D eigenvalue weighted by Gasteiger charge is -2.39. The van der Waals surface area contributed by atoms with Crippen LogP contribution in [-0.4, -0.2) is 118 Å². The molecule has 8 nitrogen and oxygen atoms in total. The predicted octanol–water partition coefficient (Wildman–Crippen LogP) is 6.86. The Hall–Kier alpha value is -3.82. The van der Waals surface area contributed by atoms with Gasteiger partial charge in [0, 0.05) is 89.3 Å². The molecule has 2 aliphatic heterocycles. The van der Waals surface area contributed by atoms with Crippen LogP contribution < -0.4 is 0 Å².